The molecule has 0 spiro atoms. The molecule has 0 heterocycles. The average molecular weight is 269 g/mol. The van der Waals surface area contributed by atoms with Gasteiger partial charge in [-0.25, -0.2) is 0 Å². The number of carboxylic acid groups (broad SMARTS) is 1. The first-order chi connectivity index (χ1) is 9.08. The van der Waals surface area contributed by atoms with Gasteiger partial charge in [-0.15, -0.1) is 0 Å². The van der Waals surface area contributed by atoms with E-state index in [2.05, 4.69) is 12.2 Å². The molecule has 4 heteroatoms. The van der Waals surface area contributed by atoms with Gasteiger partial charge in [-0.05, 0) is 32.1 Å². The molecule has 2 N–H and O–H groups in total. The summed E-state index contributed by atoms with van der Waals surface area (Å²) >= 11 is 0. The molecule has 1 amide bonds. The highest BCUT2D eigenvalue weighted by Crippen LogP contribution is 2.27. The van der Waals surface area contributed by atoms with E-state index in [9.17, 15) is 9.59 Å². The fraction of sp³-hybridized carbons (Fsp3) is 0.867. The van der Waals surface area contributed by atoms with Crippen LogP contribution in [0.25, 0.3) is 0 Å². The third-order valence-corrected chi connectivity index (χ3v) is 3.86. The lowest BCUT2D eigenvalue weighted by molar-refractivity contribution is -0.137. The fourth-order valence-electron chi connectivity index (χ4n) is 2.89. The summed E-state index contributed by atoms with van der Waals surface area (Å²) in [5.74, 6) is 0.0517. The molecule has 110 valence electrons. The zero-order valence-electron chi connectivity index (χ0n) is 12.0. The lowest BCUT2D eigenvalue weighted by Crippen LogP contribution is -2.34. The van der Waals surface area contributed by atoms with Crippen LogP contribution in [0.3, 0.4) is 0 Å². The molecule has 1 saturated carbocycles. The SMILES string of the molecule is C[C@H](CC1CCCCC1)NC(=O)CCCCC(=O)O. The van der Waals surface area contributed by atoms with Crippen LogP contribution >= 0.6 is 0 Å². The molecule has 1 aliphatic rings. The zero-order chi connectivity index (χ0) is 14.1. The number of rotatable bonds is 8. The molecule has 0 radical (unpaired) electrons. The maximum absolute atomic E-state index is 11.7. The number of hydrogen-bond acceptors (Lipinski definition) is 2. The molecule has 1 rings (SSSR count). The van der Waals surface area contributed by atoms with E-state index in [0.29, 0.717) is 19.3 Å². The lowest BCUT2D eigenvalue weighted by atomic mass is 9.85. The molecule has 1 fully saturated rings. The minimum atomic E-state index is -0.786. The van der Waals surface area contributed by atoms with E-state index >= 15 is 0 Å². The highest BCUT2D eigenvalue weighted by Gasteiger charge is 2.17. The van der Waals surface area contributed by atoms with E-state index in [1.54, 1.807) is 0 Å². The normalized spacial score (nSPS) is 17.9. The second-order valence-corrected chi connectivity index (χ2v) is 5.81. The van der Waals surface area contributed by atoms with Crippen LogP contribution in [0.2, 0.25) is 0 Å². The maximum Gasteiger partial charge on any atom is 0.303 e. The first-order valence-electron chi connectivity index (χ1n) is 7.59. The minimum Gasteiger partial charge on any atom is -0.481 e. The molecule has 0 bridgehead atoms. The molecule has 0 aromatic rings. The van der Waals surface area contributed by atoms with Gasteiger partial charge in [0.05, 0.1) is 0 Å². The Morgan fingerprint density at radius 1 is 1.16 bits per heavy atom. The quantitative estimate of drug-likeness (QED) is 0.665. The first kappa shape index (κ1) is 16.0. The number of hydrogen-bond donors (Lipinski definition) is 2. The van der Waals surface area contributed by atoms with Crippen LogP contribution in [0.15, 0.2) is 0 Å². The van der Waals surface area contributed by atoms with Crippen molar-refractivity contribution in [2.24, 2.45) is 5.92 Å². The summed E-state index contributed by atoms with van der Waals surface area (Å²) in [5, 5.41) is 11.5. The Hall–Kier alpha value is -1.06. The molecular weight excluding hydrogens is 242 g/mol. The predicted molar refractivity (Wildman–Crippen MR) is 74.9 cm³/mol. The van der Waals surface area contributed by atoms with Gasteiger partial charge in [-0.2, -0.15) is 0 Å². The van der Waals surface area contributed by atoms with Crippen molar-refractivity contribution in [2.45, 2.75) is 77.2 Å². The van der Waals surface area contributed by atoms with Crippen molar-refractivity contribution >= 4 is 11.9 Å². The topological polar surface area (TPSA) is 66.4 Å². The Morgan fingerprint density at radius 3 is 2.42 bits per heavy atom. The van der Waals surface area contributed by atoms with Crippen LogP contribution in [0.4, 0.5) is 0 Å². The molecule has 0 unspecified atom stereocenters. The van der Waals surface area contributed by atoms with Crippen LogP contribution in [0, 0.1) is 5.92 Å². The summed E-state index contributed by atoms with van der Waals surface area (Å²) in [4.78, 5) is 22.0. The van der Waals surface area contributed by atoms with E-state index in [0.717, 1.165) is 12.3 Å². The molecule has 0 aromatic heterocycles. The zero-order valence-corrected chi connectivity index (χ0v) is 12.0. The summed E-state index contributed by atoms with van der Waals surface area (Å²) in [6.45, 7) is 2.07. The first-order valence-corrected chi connectivity index (χ1v) is 7.59. The van der Waals surface area contributed by atoms with Gasteiger partial charge in [0.25, 0.3) is 0 Å². The number of nitrogens with one attached hydrogen (secondary N) is 1. The van der Waals surface area contributed by atoms with Gasteiger partial charge in [0.15, 0.2) is 0 Å². The molecule has 0 saturated heterocycles. The number of carboxylic acids is 1. The van der Waals surface area contributed by atoms with Crippen molar-refractivity contribution < 1.29 is 14.7 Å². The predicted octanol–water partition coefficient (Wildman–Crippen LogP) is 3.11. The highest BCUT2D eigenvalue weighted by atomic mass is 16.4. The van der Waals surface area contributed by atoms with Crippen LogP contribution in [0.1, 0.15) is 71.1 Å². The number of aliphatic carboxylic acids is 1. The van der Waals surface area contributed by atoms with Crippen molar-refractivity contribution in [2.75, 3.05) is 0 Å². The van der Waals surface area contributed by atoms with Gasteiger partial charge in [0.1, 0.15) is 0 Å². The summed E-state index contributed by atoms with van der Waals surface area (Å²) in [7, 11) is 0. The summed E-state index contributed by atoms with van der Waals surface area (Å²) < 4.78 is 0. The molecule has 19 heavy (non-hydrogen) atoms. The monoisotopic (exact) mass is 269 g/mol. The smallest absolute Gasteiger partial charge is 0.303 e. The number of unbranched alkanes of at least 4 members (excludes halogenated alkanes) is 1. The van der Waals surface area contributed by atoms with Gasteiger partial charge in [0.2, 0.25) is 5.91 Å². The van der Waals surface area contributed by atoms with Gasteiger partial charge in [-0.3, -0.25) is 9.59 Å². The van der Waals surface area contributed by atoms with Gasteiger partial charge in [0, 0.05) is 18.9 Å². The molecule has 1 atom stereocenters. The van der Waals surface area contributed by atoms with Crippen molar-refractivity contribution in [1.82, 2.24) is 5.32 Å². The largest absolute Gasteiger partial charge is 0.481 e. The van der Waals surface area contributed by atoms with E-state index in [1.165, 1.54) is 32.1 Å². The molecular formula is C15H27NO3. The fourth-order valence-corrected chi connectivity index (χ4v) is 2.89. The third-order valence-electron chi connectivity index (χ3n) is 3.86. The van der Waals surface area contributed by atoms with E-state index in [1.807, 2.05) is 0 Å². The van der Waals surface area contributed by atoms with E-state index < -0.39 is 5.97 Å². The number of amides is 1. The van der Waals surface area contributed by atoms with Crippen LogP contribution in [-0.4, -0.2) is 23.0 Å². The van der Waals surface area contributed by atoms with E-state index in [-0.39, 0.29) is 18.4 Å². The summed E-state index contributed by atoms with van der Waals surface area (Å²) in [5.41, 5.74) is 0. The summed E-state index contributed by atoms with van der Waals surface area (Å²) in [6.07, 6.45) is 9.57. The van der Waals surface area contributed by atoms with Crippen molar-refractivity contribution in [3.05, 3.63) is 0 Å². The minimum absolute atomic E-state index is 0.0636. The average Bonchev–Trinajstić information content (AvgIpc) is 2.35. The Balaban J connectivity index is 2.07. The van der Waals surface area contributed by atoms with Crippen molar-refractivity contribution in [3.63, 3.8) is 0 Å². The highest BCUT2D eigenvalue weighted by molar-refractivity contribution is 5.76. The number of carbonyl (C=O) groups excluding carboxylic acids is 1. The van der Waals surface area contributed by atoms with Crippen molar-refractivity contribution in [3.8, 4) is 0 Å². The van der Waals surface area contributed by atoms with Crippen molar-refractivity contribution in [1.29, 1.82) is 0 Å². The van der Waals surface area contributed by atoms with Gasteiger partial charge in [-0.1, -0.05) is 32.1 Å². The van der Waals surface area contributed by atoms with Crippen LogP contribution in [0.5, 0.6) is 0 Å². The van der Waals surface area contributed by atoms with Crippen LogP contribution in [-0.2, 0) is 9.59 Å². The van der Waals surface area contributed by atoms with Gasteiger partial charge >= 0.3 is 5.97 Å². The Kier molecular flexibility index (Phi) is 7.53. The van der Waals surface area contributed by atoms with Crippen LogP contribution < -0.4 is 5.32 Å². The second-order valence-electron chi connectivity index (χ2n) is 5.81. The molecule has 4 nitrogen and oxygen atoms in total. The maximum atomic E-state index is 11.7. The lowest BCUT2D eigenvalue weighted by Gasteiger charge is -2.25. The standard InChI is InChI=1S/C15H27NO3/c1-12(11-13-7-3-2-4-8-13)16-14(17)9-5-6-10-15(18)19/h12-13H,2-11H2,1H3,(H,16,17)(H,18,19)/t12-/m1/s1. The van der Waals surface area contributed by atoms with E-state index in [4.69, 9.17) is 5.11 Å². The molecule has 1 aliphatic carbocycles. The molecule has 0 aliphatic heterocycles. The summed E-state index contributed by atoms with van der Waals surface area (Å²) in [6, 6.07) is 0.245. The Morgan fingerprint density at radius 2 is 1.79 bits per heavy atom. The van der Waals surface area contributed by atoms with Gasteiger partial charge < -0.3 is 10.4 Å². The Labute approximate surface area is 116 Å². The number of carbonyl (C=O) groups is 2. The Bertz CT molecular complexity index is 285. The third kappa shape index (κ3) is 7.85. The second kappa shape index (κ2) is 8.94. The molecule has 0 aromatic carbocycles.